The van der Waals surface area contributed by atoms with Crippen molar-refractivity contribution in [2.24, 2.45) is 5.10 Å². The quantitative estimate of drug-likeness (QED) is 0.796. The highest BCUT2D eigenvalue weighted by Gasteiger charge is 2.26. The van der Waals surface area contributed by atoms with Gasteiger partial charge in [0.1, 0.15) is 5.71 Å². The lowest BCUT2D eigenvalue weighted by Gasteiger charge is -2.22. The van der Waals surface area contributed by atoms with Gasteiger partial charge in [-0.3, -0.25) is 14.4 Å². The molecule has 0 radical (unpaired) electrons. The van der Waals surface area contributed by atoms with Gasteiger partial charge in [0, 0.05) is 19.9 Å². The molecule has 2 amide bonds. The molecule has 25 heavy (non-hydrogen) atoms. The SMILES string of the molecule is CC(C)OC(=O)CC(NC(=O)C1=NN(C)C(=O)CC1)c1ccccc1. The maximum atomic E-state index is 12.5. The Morgan fingerprint density at radius 3 is 2.52 bits per heavy atom. The summed E-state index contributed by atoms with van der Waals surface area (Å²) in [7, 11) is 1.52. The van der Waals surface area contributed by atoms with Crippen LogP contribution in [0.4, 0.5) is 0 Å². The molecule has 1 aromatic rings. The van der Waals surface area contributed by atoms with Gasteiger partial charge in [-0.2, -0.15) is 5.10 Å². The summed E-state index contributed by atoms with van der Waals surface area (Å²) in [4.78, 5) is 36.0. The third-order valence-corrected chi connectivity index (χ3v) is 3.71. The van der Waals surface area contributed by atoms with Crippen LogP contribution in [0.5, 0.6) is 0 Å². The van der Waals surface area contributed by atoms with E-state index in [2.05, 4.69) is 10.4 Å². The van der Waals surface area contributed by atoms with Crippen molar-refractivity contribution >= 4 is 23.5 Å². The number of rotatable bonds is 6. The molecule has 7 heteroatoms. The number of benzene rings is 1. The van der Waals surface area contributed by atoms with E-state index in [1.165, 1.54) is 12.1 Å². The molecule has 0 spiro atoms. The van der Waals surface area contributed by atoms with Crippen LogP contribution in [-0.4, -0.2) is 41.7 Å². The van der Waals surface area contributed by atoms with E-state index in [1.54, 1.807) is 13.8 Å². The second kappa shape index (κ2) is 8.41. The summed E-state index contributed by atoms with van der Waals surface area (Å²) in [6.45, 7) is 3.55. The van der Waals surface area contributed by atoms with E-state index in [1.807, 2.05) is 30.3 Å². The fourth-order valence-corrected chi connectivity index (χ4v) is 2.49. The van der Waals surface area contributed by atoms with Gasteiger partial charge >= 0.3 is 5.97 Å². The van der Waals surface area contributed by atoms with Gasteiger partial charge in [-0.25, -0.2) is 5.01 Å². The van der Waals surface area contributed by atoms with Gasteiger partial charge in [-0.05, 0) is 19.4 Å². The fourth-order valence-electron chi connectivity index (χ4n) is 2.49. The Morgan fingerprint density at radius 1 is 1.24 bits per heavy atom. The van der Waals surface area contributed by atoms with Crippen molar-refractivity contribution in [3.63, 3.8) is 0 Å². The molecule has 0 aromatic heterocycles. The van der Waals surface area contributed by atoms with Gasteiger partial charge in [0.25, 0.3) is 5.91 Å². The molecule has 134 valence electrons. The third-order valence-electron chi connectivity index (χ3n) is 3.71. The van der Waals surface area contributed by atoms with E-state index >= 15 is 0 Å². The number of ether oxygens (including phenoxy) is 1. The molecule has 1 N–H and O–H groups in total. The van der Waals surface area contributed by atoms with Crippen LogP contribution in [0.25, 0.3) is 0 Å². The Labute approximate surface area is 147 Å². The first-order valence-electron chi connectivity index (χ1n) is 8.26. The molecule has 0 fully saturated rings. The van der Waals surface area contributed by atoms with Crippen molar-refractivity contribution in [2.75, 3.05) is 7.05 Å². The van der Waals surface area contributed by atoms with Crippen LogP contribution in [0, 0.1) is 0 Å². The number of hydrogen-bond acceptors (Lipinski definition) is 5. The summed E-state index contributed by atoms with van der Waals surface area (Å²) in [6.07, 6.45) is 0.332. The average Bonchev–Trinajstić information content (AvgIpc) is 2.56. The summed E-state index contributed by atoms with van der Waals surface area (Å²) >= 11 is 0. The van der Waals surface area contributed by atoms with Crippen LogP contribution in [0.15, 0.2) is 35.4 Å². The van der Waals surface area contributed by atoms with Crippen LogP contribution in [0.1, 0.15) is 44.7 Å². The standard InChI is InChI=1S/C18H23N3O4/c1-12(2)25-17(23)11-15(13-7-5-4-6-8-13)19-18(24)14-9-10-16(22)21(3)20-14/h4-8,12,15H,9-11H2,1-3H3,(H,19,24). The molecule has 0 aliphatic carbocycles. The maximum absolute atomic E-state index is 12.5. The first-order valence-corrected chi connectivity index (χ1v) is 8.26. The lowest BCUT2D eigenvalue weighted by atomic mass is 10.0. The van der Waals surface area contributed by atoms with Gasteiger partial charge in [-0.1, -0.05) is 30.3 Å². The molecule has 0 saturated heterocycles. The zero-order valence-electron chi connectivity index (χ0n) is 14.7. The van der Waals surface area contributed by atoms with E-state index in [4.69, 9.17) is 4.74 Å². The van der Waals surface area contributed by atoms with Crippen molar-refractivity contribution < 1.29 is 19.1 Å². The molecule has 2 rings (SSSR count). The van der Waals surface area contributed by atoms with Crippen molar-refractivity contribution in [1.82, 2.24) is 10.3 Å². The van der Waals surface area contributed by atoms with Gasteiger partial charge in [0.15, 0.2) is 0 Å². The predicted octanol–water partition coefficient (Wildman–Crippen LogP) is 1.79. The smallest absolute Gasteiger partial charge is 0.308 e. The normalized spacial score (nSPS) is 15.6. The first kappa shape index (κ1) is 18.6. The number of hydrazone groups is 1. The first-order chi connectivity index (χ1) is 11.9. The Balaban J connectivity index is 2.13. The number of esters is 1. The average molecular weight is 345 g/mol. The van der Waals surface area contributed by atoms with Crippen LogP contribution in [0.2, 0.25) is 0 Å². The van der Waals surface area contributed by atoms with E-state index in [-0.39, 0.29) is 48.9 Å². The lowest BCUT2D eigenvalue weighted by molar-refractivity contribution is -0.148. The largest absolute Gasteiger partial charge is 0.463 e. The number of carbonyl (C=O) groups is 3. The highest BCUT2D eigenvalue weighted by atomic mass is 16.5. The fraction of sp³-hybridized carbons (Fsp3) is 0.444. The third kappa shape index (κ3) is 5.41. The van der Waals surface area contributed by atoms with E-state index < -0.39 is 6.04 Å². The molecule has 0 bridgehead atoms. The van der Waals surface area contributed by atoms with E-state index in [9.17, 15) is 14.4 Å². The molecule has 7 nitrogen and oxygen atoms in total. The highest BCUT2D eigenvalue weighted by molar-refractivity contribution is 6.39. The molecule has 1 aromatic carbocycles. The Bertz CT molecular complexity index is 670. The molecule has 0 saturated carbocycles. The molecule has 1 heterocycles. The van der Waals surface area contributed by atoms with E-state index in [0.717, 1.165) is 5.56 Å². The van der Waals surface area contributed by atoms with Gasteiger partial charge in [0.05, 0.1) is 18.6 Å². The monoisotopic (exact) mass is 345 g/mol. The zero-order valence-corrected chi connectivity index (χ0v) is 14.7. The molecule has 1 aliphatic heterocycles. The van der Waals surface area contributed by atoms with Crippen molar-refractivity contribution in [1.29, 1.82) is 0 Å². The van der Waals surface area contributed by atoms with Gasteiger partial charge in [0.2, 0.25) is 5.91 Å². The lowest BCUT2D eigenvalue weighted by Crippen LogP contribution is -2.40. The number of nitrogens with zero attached hydrogens (tertiary/aromatic N) is 2. The van der Waals surface area contributed by atoms with Crippen LogP contribution < -0.4 is 5.32 Å². The minimum Gasteiger partial charge on any atom is -0.463 e. The predicted molar refractivity (Wildman–Crippen MR) is 92.6 cm³/mol. The van der Waals surface area contributed by atoms with Crippen LogP contribution in [-0.2, 0) is 19.1 Å². The summed E-state index contributed by atoms with van der Waals surface area (Å²) in [5, 5.41) is 8.01. The summed E-state index contributed by atoms with van der Waals surface area (Å²) < 4.78 is 5.19. The molecule has 1 aliphatic rings. The highest BCUT2D eigenvalue weighted by Crippen LogP contribution is 2.18. The molecule has 1 unspecified atom stereocenters. The topological polar surface area (TPSA) is 88.1 Å². The van der Waals surface area contributed by atoms with Crippen molar-refractivity contribution in [2.45, 2.75) is 45.3 Å². The molecular formula is C18H23N3O4. The van der Waals surface area contributed by atoms with Gasteiger partial charge in [-0.15, -0.1) is 0 Å². The number of carbonyl (C=O) groups excluding carboxylic acids is 3. The second-order valence-electron chi connectivity index (χ2n) is 6.14. The van der Waals surface area contributed by atoms with E-state index in [0.29, 0.717) is 0 Å². The second-order valence-corrected chi connectivity index (χ2v) is 6.14. The van der Waals surface area contributed by atoms with Crippen molar-refractivity contribution in [3.05, 3.63) is 35.9 Å². The van der Waals surface area contributed by atoms with Crippen LogP contribution >= 0.6 is 0 Å². The Kier molecular flexibility index (Phi) is 6.27. The minimum atomic E-state index is -0.523. The van der Waals surface area contributed by atoms with Crippen LogP contribution in [0.3, 0.4) is 0 Å². The molecule has 1 atom stereocenters. The zero-order chi connectivity index (χ0) is 18.4. The summed E-state index contributed by atoms with van der Waals surface area (Å²) in [5.41, 5.74) is 1.08. The van der Waals surface area contributed by atoms with Crippen molar-refractivity contribution in [3.8, 4) is 0 Å². The Hall–Kier alpha value is -2.70. The number of hydrogen-bond donors (Lipinski definition) is 1. The number of amides is 2. The Morgan fingerprint density at radius 2 is 1.92 bits per heavy atom. The summed E-state index contributed by atoms with van der Waals surface area (Å²) in [6, 6.07) is 8.70. The maximum Gasteiger partial charge on any atom is 0.308 e. The minimum absolute atomic E-state index is 0.0238. The number of nitrogens with one attached hydrogen (secondary N) is 1. The molecular weight excluding hydrogens is 322 g/mol. The van der Waals surface area contributed by atoms with Gasteiger partial charge < -0.3 is 10.1 Å². The summed E-state index contributed by atoms with van der Waals surface area (Å²) in [5.74, 6) is -0.899.